The van der Waals surface area contributed by atoms with E-state index in [9.17, 15) is 9.18 Å². The molecule has 0 aromatic heterocycles. The molecule has 0 aliphatic heterocycles. The number of halogens is 2. The van der Waals surface area contributed by atoms with Crippen molar-refractivity contribution in [3.05, 3.63) is 64.4 Å². The number of hydrogen-bond donors (Lipinski definition) is 1. The first-order valence-electron chi connectivity index (χ1n) is 6.48. The third kappa shape index (κ3) is 4.76. The zero-order chi connectivity index (χ0) is 15.2. The lowest BCUT2D eigenvalue weighted by Crippen LogP contribution is -2.06. The van der Waals surface area contributed by atoms with Gasteiger partial charge in [-0.05, 0) is 42.3 Å². The highest BCUT2D eigenvalue weighted by atomic mass is 35.5. The van der Waals surface area contributed by atoms with Gasteiger partial charge in [0.05, 0.1) is 0 Å². The summed E-state index contributed by atoms with van der Waals surface area (Å²) in [5.41, 5.74) is 7.73. The van der Waals surface area contributed by atoms with Crippen LogP contribution in [0.5, 0.6) is 0 Å². The van der Waals surface area contributed by atoms with Crippen molar-refractivity contribution >= 4 is 23.3 Å². The molecule has 2 aromatic carbocycles. The molecule has 0 atom stereocenters. The fourth-order valence-corrected chi connectivity index (χ4v) is 1.99. The van der Waals surface area contributed by atoms with Crippen molar-refractivity contribution in [2.75, 3.05) is 5.73 Å². The van der Waals surface area contributed by atoms with Crippen molar-refractivity contribution in [1.29, 1.82) is 0 Å². The maximum absolute atomic E-state index is 13.1. The van der Waals surface area contributed by atoms with Crippen molar-refractivity contribution < 1.29 is 13.9 Å². The molecule has 0 saturated heterocycles. The standard InChI is InChI=1S/C16H15ClFNO2/c17-15-7-4-13(18)9-12(15)10-21-16(20)8-3-11-1-5-14(19)6-2-11/h1-2,4-7,9H,3,8,10,19H2. The lowest BCUT2D eigenvalue weighted by Gasteiger charge is -2.07. The highest BCUT2D eigenvalue weighted by Gasteiger charge is 2.07. The van der Waals surface area contributed by atoms with E-state index in [1.54, 1.807) is 12.1 Å². The van der Waals surface area contributed by atoms with Crippen molar-refractivity contribution in [3.63, 3.8) is 0 Å². The van der Waals surface area contributed by atoms with Crippen molar-refractivity contribution in [2.24, 2.45) is 0 Å². The summed E-state index contributed by atoms with van der Waals surface area (Å²) in [6.45, 7) is -0.0306. The number of carbonyl (C=O) groups excluding carboxylic acids is 1. The molecule has 0 aliphatic rings. The summed E-state index contributed by atoms with van der Waals surface area (Å²) < 4.78 is 18.2. The second kappa shape index (κ2) is 7.09. The molecule has 2 aromatic rings. The predicted octanol–water partition coefficient (Wildman–Crippen LogP) is 3.74. The lowest BCUT2D eigenvalue weighted by atomic mass is 10.1. The van der Waals surface area contributed by atoms with Crippen LogP contribution in [0.2, 0.25) is 5.02 Å². The molecule has 0 saturated carbocycles. The topological polar surface area (TPSA) is 52.3 Å². The van der Waals surface area contributed by atoms with Crippen molar-refractivity contribution in [2.45, 2.75) is 19.4 Å². The fourth-order valence-electron chi connectivity index (χ4n) is 1.82. The summed E-state index contributed by atoms with van der Waals surface area (Å²) in [5.74, 6) is -0.764. The van der Waals surface area contributed by atoms with Crippen LogP contribution < -0.4 is 5.73 Å². The second-order valence-corrected chi connectivity index (χ2v) is 5.05. The molecule has 0 bridgehead atoms. The Balaban J connectivity index is 1.82. The summed E-state index contributed by atoms with van der Waals surface area (Å²) in [4.78, 5) is 11.7. The Morgan fingerprint density at radius 2 is 1.90 bits per heavy atom. The first kappa shape index (κ1) is 15.3. The van der Waals surface area contributed by atoms with Gasteiger partial charge in [-0.15, -0.1) is 0 Å². The molecule has 5 heteroatoms. The Morgan fingerprint density at radius 3 is 2.62 bits per heavy atom. The Labute approximate surface area is 127 Å². The molecule has 0 unspecified atom stereocenters. The van der Waals surface area contributed by atoms with Crippen LogP contribution in [0.4, 0.5) is 10.1 Å². The van der Waals surface area contributed by atoms with Gasteiger partial charge in [0.2, 0.25) is 0 Å². The Kier molecular flexibility index (Phi) is 5.17. The van der Waals surface area contributed by atoms with E-state index in [-0.39, 0.29) is 19.0 Å². The SMILES string of the molecule is Nc1ccc(CCC(=O)OCc2cc(F)ccc2Cl)cc1. The molecule has 0 amide bonds. The van der Waals surface area contributed by atoms with Gasteiger partial charge >= 0.3 is 5.97 Å². The molecule has 0 heterocycles. The quantitative estimate of drug-likeness (QED) is 0.676. The number of ether oxygens (including phenoxy) is 1. The first-order chi connectivity index (χ1) is 10.0. The largest absolute Gasteiger partial charge is 0.461 e. The number of nitrogens with two attached hydrogens (primary N) is 1. The Bertz CT molecular complexity index is 629. The Hall–Kier alpha value is -2.07. The Morgan fingerprint density at radius 1 is 1.19 bits per heavy atom. The minimum atomic E-state index is -0.410. The summed E-state index contributed by atoms with van der Waals surface area (Å²) >= 11 is 5.90. The zero-order valence-corrected chi connectivity index (χ0v) is 12.1. The molecule has 2 N–H and O–H groups in total. The number of anilines is 1. The average Bonchev–Trinajstić information content (AvgIpc) is 2.47. The molecular formula is C16H15ClFNO2. The van der Waals surface area contributed by atoms with Gasteiger partial charge in [0.25, 0.3) is 0 Å². The molecule has 0 aliphatic carbocycles. The summed E-state index contributed by atoms with van der Waals surface area (Å²) in [7, 11) is 0. The minimum absolute atomic E-state index is 0.0306. The molecular weight excluding hydrogens is 293 g/mol. The van der Waals surface area contributed by atoms with E-state index in [0.717, 1.165) is 5.56 Å². The van der Waals surface area contributed by atoms with Gasteiger partial charge in [0, 0.05) is 22.7 Å². The number of hydrogen-bond acceptors (Lipinski definition) is 3. The van der Waals surface area contributed by atoms with E-state index >= 15 is 0 Å². The average molecular weight is 308 g/mol. The number of carbonyl (C=O) groups is 1. The smallest absolute Gasteiger partial charge is 0.306 e. The predicted molar refractivity (Wildman–Crippen MR) is 80.4 cm³/mol. The fraction of sp³-hybridized carbons (Fsp3) is 0.188. The maximum Gasteiger partial charge on any atom is 0.306 e. The lowest BCUT2D eigenvalue weighted by molar-refractivity contribution is -0.144. The van der Waals surface area contributed by atoms with Crippen LogP contribution in [-0.4, -0.2) is 5.97 Å². The van der Waals surface area contributed by atoms with E-state index in [1.165, 1.54) is 18.2 Å². The monoisotopic (exact) mass is 307 g/mol. The third-order valence-electron chi connectivity index (χ3n) is 2.99. The van der Waals surface area contributed by atoms with E-state index in [0.29, 0.717) is 22.7 Å². The number of aryl methyl sites for hydroxylation is 1. The van der Waals surface area contributed by atoms with Gasteiger partial charge in [-0.2, -0.15) is 0 Å². The number of benzene rings is 2. The second-order valence-electron chi connectivity index (χ2n) is 4.64. The summed E-state index contributed by atoms with van der Waals surface area (Å²) in [5, 5.41) is 0.378. The number of esters is 1. The van der Waals surface area contributed by atoms with Gasteiger partial charge in [-0.1, -0.05) is 23.7 Å². The molecule has 0 radical (unpaired) electrons. The number of rotatable bonds is 5. The third-order valence-corrected chi connectivity index (χ3v) is 3.36. The van der Waals surface area contributed by atoms with Crippen LogP contribution in [-0.2, 0) is 22.6 Å². The van der Waals surface area contributed by atoms with Crippen LogP contribution >= 0.6 is 11.6 Å². The van der Waals surface area contributed by atoms with Crippen LogP contribution in [0.3, 0.4) is 0 Å². The van der Waals surface area contributed by atoms with E-state index in [2.05, 4.69) is 0 Å². The van der Waals surface area contributed by atoms with E-state index in [1.807, 2.05) is 12.1 Å². The zero-order valence-electron chi connectivity index (χ0n) is 11.3. The first-order valence-corrected chi connectivity index (χ1v) is 6.86. The number of nitrogen functional groups attached to an aromatic ring is 1. The van der Waals surface area contributed by atoms with Crippen LogP contribution in [0.1, 0.15) is 17.5 Å². The van der Waals surface area contributed by atoms with E-state index < -0.39 is 5.82 Å². The van der Waals surface area contributed by atoms with Crippen LogP contribution in [0.25, 0.3) is 0 Å². The summed E-state index contributed by atoms with van der Waals surface area (Å²) in [6.07, 6.45) is 0.812. The van der Waals surface area contributed by atoms with Gasteiger partial charge in [0.15, 0.2) is 0 Å². The van der Waals surface area contributed by atoms with Crippen LogP contribution in [0.15, 0.2) is 42.5 Å². The van der Waals surface area contributed by atoms with E-state index in [4.69, 9.17) is 22.1 Å². The molecule has 21 heavy (non-hydrogen) atoms. The normalized spacial score (nSPS) is 10.4. The highest BCUT2D eigenvalue weighted by molar-refractivity contribution is 6.31. The van der Waals surface area contributed by atoms with Crippen molar-refractivity contribution in [3.8, 4) is 0 Å². The highest BCUT2D eigenvalue weighted by Crippen LogP contribution is 2.18. The molecule has 0 spiro atoms. The van der Waals surface area contributed by atoms with Crippen molar-refractivity contribution in [1.82, 2.24) is 0 Å². The molecule has 2 rings (SSSR count). The summed E-state index contributed by atoms with van der Waals surface area (Å²) in [6, 6.07) is 11.3. The molecule has 3 nitrogen and oxygen atoms in total. The molecule has 0 fully saturated rings. The van der Waals surface area contributed by atoms with Crippen LogP contribution in [0, 0.1) is 5.82 Å². The van der Waals surface area contributed by atoms with Gasteiger partial charge in [-0.3, -0.25) is 4.79 Å². The minimum Gasteiger partial charge on any atom is -0.461 e. The van der Waals surface area contributed by atoms with Gasteiger partial charge in [-0.25, -0.2) is 4.39 Å². The molecule has 110 valence electrons. The van der Waals surface area contributed by atoms with Gasteiger partial charge < -0.3 is 10.5 Å². The van der Waals surface area contributed by atoms with Gasteiger partial charge in [0.1, 0.15) is 12.4 Å². The maximum atomic E-state index is 13.1.